The zero-order chi connectivity index (χ0) is 21.8. The number of anilines is 1. The summed E-state index contributed by atoms with van der Waals surface area (Å²) in [7, 11) is 0. The second kappa shape index (κ2) is 7.36. The average Bonchev–Trinajstić information content (AvgIpc) is 3.56. The number of carbonyl (C=O) groups excluding carboxylic acids is 1. The molecule has 0 bridgehead atoms. The standard InChI is InChI=1S/C25H31N5O/c1-17-22-20(16-21(18-10-11-18)26-23(22)30(27-17)25(2,3)4)24(31)29-14-12-28(13-15-29)19-8-6-5-7-9-19/h5-9,16,18H,10-15H2,1-4H3. The highest BCUT2D eigenvalue weighted by atomic mass is 16.2. The Morgan fingerprint density at radius 2 is 1.71 bits per heavy atom. The number of para-hydroxylation sites is 1. The molecule has 2 fully saturated rings. The minimum absolute atomic E-state index is 0.110. The van der Waals surface area contributed by atoms with Gasteiger partial charge in [-0.3, -0.25) is 4.79 Å². The van der Waals surface area contributed by atoms with Crippen LogP contribution in [0.1, 0.15) is 61.3 Å². The van der Waals surface area contributed by atoms with Crippen LogP contribution in [0.2, 0.25) is 0 Å². The lowest BCUT2D eigenvalue weighted by atomic mass is 10.0. The van der Waals surface area contributed by atoms with Crippen molar-refractivity contribution < 1.29 is 4.79 Å². The summed E-state index contributed by atoms with van der Waals surface area (Å²) in [6, 6.07) is 12.5. The molecule has 31 heavy (non-hydrogen) atoms. The van der Waals surface area contributed by atoms with E-state index < -0.39 is 0 Å². The zero-order valence-electron chi connectivity index (χ0n) is 18.9. The summed E-state index contributed by atoms with van der Waals surface area (Å²) in [6.07, 6.45) is 2.31. The maximum atomic E-state index is 13.7. The molecule has 2 aliphatic rings. The number of piperazine rings is 1. The van der Waals surface area contributed by atoms with E-state index in [2.05, 4.69) is 49.9 Å². The normalized spacial score (nSPS) is 17.4. The maximum absolute atomic E-state index is 13.7. The highest BCUT2D eigenvalue weighted by Gasteiger charge is 2.32. The first kappa shape index (κ1) is 20.0. The summed E-state index contributed by atoms with van der Waals surface area (Å²) >= 11 is 0. The fourth-order valence-corrected chi connectivity index (χ4v) is 4.51. The zero-order valence-corrected chi connectivity index (χ0v) is 18.9. The van der Waals surface area contributed by atoms with Crippen LogP contribution in [0.5, 0.6) is 0 Å². The third kappa shape index (κ3) is 3.68. The predicted molar refractivity (Wildman–Crippen MR) is 124 cm³/mol. The predicted octanol–water partition coefficient (Wildman–Crippen LogP) is 4.33. The Hall–Kier alpha value is -2.89. The van der Waals surface area contributed by atoms with Crippen molar-refractivity contribution in [1.82, 2.24) is 19.7 Å². The minimum Gasteiger partial charge on any atom is -0.368 e. The first-order valence-electron chi connectivity index (χ1n) is 11.3. The lowest BCUT2D eigenvalue weighted by molar-refractivity contribution is 0.0748. The third-order valence-corrected chi connectivity index (χ3v) is 6.38. The van der Waals surface area contributed by atoms with Gasteiger partial charge in [-0.2, -0.15) is 5.10 Å². The molecule has 6 nitrogen and oxygen atoms in total. The van der Waals surface area contributed by atoms with Gasteiger partial charge >= 0.3 is 0 Å². The third-order valence-electron chi connectivity index (χ3n) is 6.38. The topological polar surface area (TPSA) is 54.3 Å². The number of amides is 1. The van der Waals surface area contributed by atoms with Crippen molar-refractivity contribution in [3.63, 3.8) is 0 Å². The van der Waals surface area contributed by atoms with E-state index in [1.807, 2.05) is 28.6 Å². The van der Waals surface area contributed by atoms with E-state index in [1.165, 1.54) is 5.69 Å². The van der Waals surface area contributed by atoms with Gasteiger partial charge in [-0.25, -0.2) is 9.67 Å². The van der Waals surface area contributed by atoms with E-state index in [4.69, 9.17) is 10.1 Å². The molecule has 1 saturated heterocycles. The fourth-order valence-electron chi connectivity index (χ4n) is 4.51. The van der Waals surface area contributed by atoms with Crippen molar-refractivity contribution in [2.45, 2.75) is 52.0 Å². The molecule has 3 heterocycles. The SMILES string of the molecule is Cc1nn(C(C)(C)C)c2nc(C3CC3)cc(C(=O)N3CCN(c4ccccc4)CC3)c12. The molecule has 0 N–H and O–H groups in total. The molecule has 6 heteroatoms. The second-order valence-electron chi connectivity index (χ2n) is 9.85. The van der Waals surface area contributed by atoms with Gasteiger partial charge in [-0.15, -0.1) is 0 Å². The Morgan fingerprint density at radius 1 is 1.03 bits per heavy atom. The molecule has 1 aromatic carbocycles. The smallest absolute Gasteiger partial charge is 0.254 e. The number of pyridine rings is 1. The molecule has 1 aliphatic heterocycles. The summed E-state index contributed by atoms with van der Waals surface area (Å²) in [4.78, 5) is 23.0. The first-order valence-corrected chi connectivity index (χ1v) is 11.3. The molecule has 0 atom stereocenters. The molecular formula is C25H31N5O. The van der Waals surface area contributed by atoms with Gasteiger partial charge < -0.3 is 9.80 Å². The lowest BCUT2D eigenvalue weighted by Gasteiger charge is -2.36. The molecule has 1 amide bonds. The number of carbonyl (C=O) groups is 1. The fraction of sp³-hybridized carbons (Fsp3) is 0.480. The molecule has 3 aromatic rings. The Kier molecular flexibility index (Phi) is 4.76. The quantitative estimate of drug-likeness (QED) is 0.636. The molecule has 0 unspecified atom stereocenters. The van der Waals surface area contributed by atoms with Crippen molar-refractivity contribution in [2.75, 3.05) is 31.1 Å². The molecule has 2 aromatic heterocycles. The van der Waals surface area contributed by atoms with Crippen molar-refractivity contribution >= 4 is 22.6 Å². The monoisotopic (exact) mass is 417 g/mol. The Balaban J connectivity index is 1.48. The number of rotatable bonds is 3. The van der Waals surface area contributed by atoms with Crippen LogP contribution in [0.15, 0.2) is 36.4 Å². The van der Waals surface area contributed by atoms with Crippen LogP contribution in [0.25, 0.3) is 11.0 Å². The van der Waals surface area contributed by atoms with Gasteiger partial charge in [-0.05, 0) is 58.7 Å². The Labute approximate surface area is 183 Å². The van der Waals surface area contributed by atoms with Crippen LogP contribution in [0.3, 0.4) is 0 Å². The van der Waals surface area contributed by atoms with Crippen molar-refractivity contribution in [2.24, 2.45) is 0 Å². The first-order chi connectivity index (χ1) is 14.8. The van der Waals surface area contributed by atoms with Crippen LogP contribution in [0.4, 0.5) is 5.69 Å². The molecule has 0 spiro atoms. The van der Waals surface area contributed by atoms with E-state index in [9.17, 15) is 4.79 Å². The average molecular weight is 418 g/mol. The number of hydrogen-bond donors (Lipinski definition) is 0. The largest absolute Gasteiger partial charge is 0.368 e. The van der Waals surface area contributed by atoms with Crippen LogP contribution >= 0.6 is 0 Å². The highest BCUT2D eigenvalue weighted by molar-refractivity contribution is 6.06. The minimum atomic E-state index is -0.191. The Morgan fingerprint density at radius 3 is 2.32 bits per heavy atom. The lowest BCUT2D eigenvalue weighted by Crippen LogP contribution is -2.48. The van der Waals surface area contributed by atoms with Gasteiger partial charge in [0.2, 0.25) is 0 Å². The summed E-state index contributed by atoms with van der Waals surface area (Å²) in [6.45, 7) is 11.5. The number of aryl methyl sites for hydroxylation is 1. The molecule has 1 saturated carbocycles. The van der Waals surface area contributed by atoms with Gasteiger partial charge in [0.15, 0.2) is 5.65 Å². The van der Waals surface area contributed by atoms with Crippen LogP contribution in [-0.2, 0) is 5.54 Å². The van der Waals surface area contributed by atoms with E-state index in [-0.39, 0.29) is 11.4 Å². The number of aromatic nitrogens is 3. The molecule has 0 radical (unpaired) electrons. The van der Waals surface area contributed by atoms with Crippen LogP contribution in [-0.4, -0.2) is 51.8 Å². The number of benzene rings is 1. The van der Waals surface area contributed by atoms with Crippen molar-refractivity contribution in [1.29, 1.82) is 0 Å². The second-order valence-corrected chi connectivity index (χ2v) is 9.85. The van der Waals surface area contributed by atoms with Crippen LogP contribution < -0.4 is 4.90 Å². The van der Waals surface area contributed by atoms with E-state index in [0.717, 1.165) is 67.0 Å². The van der Waals surface area contributed by atoms with Gasteiger partial charge in [0, 0.05) is 43.5 Å². The summed E-state index contributed by atoms with van der Waals surface area (Å²) in [5.41, 5.74) is 4.58. The van der Waals surface area contributed by atoms with E-state index in [1.54, 1.807) is 0 Å². The maximum Gasteiger partial charge on any atom is 0.254 e. The van der Waals surface area contributed by atoms with Gasteiger partial charge in [0.05, 0.1) is 22.2 Å². The summed E-state index contributed by atoms with van der Waals surface area (Å²) in [5, 5.41) is 5.71. The van der Waals surface area contributed by atoms with Crippen molar-refractivity contribution in [3.05, 3.63) is 53.3 Å². The number of hydrogen-bond acceptors (Lipinski definition) is 4. The van der Waals surface area contributed by atoms with Crippen molar-refractivity contribution in [3.8, 4) is 0 Å². The number of fused-ring (bicyclic) bond motifs is 1. The van der Waals surface area contributed by atoms with Gasteiger partial charge in [-0.1, -0.05) is 18.2 Å². The van der Waals surface area contributed by atoms with E-state index >= 15 is 0 Å². The van der Waals surface area contributed by atoms with Gasteiger partial charge in [0.1, 0.15) is 0 Å². The molecular weight excluding hydrogens is 386 g/mol. The van der Waals surface area contributed by atoms with Gasteiger partial charge in [0.25, 0.3) is 5.91 Å². The highest BCUT2D eigenvalue weighted by Crippen LogP contribution is 2.41. The number of nitrogens with zero attached hydrogens (tertiary/aromatic N) is 5. The summed E-state index contributed by atoms with van der Waals surface area (Å²) in [5.74, 6) is 0.591. The van der Waals surface area contributed by atoms with E-state index in [0.29, 0.717) is 5.92 Å². The summed E-state index contributed by atoms with van der Waals surface area (Å²) < 4.78 is 1.99. The molecule has 162 valence electrons. The van der Waals surface area contributed by atoms with Crippen LogP contribution in [0, 0.1) is 6.92 Å². The Bertz CT molecular complexity index is 1120. The molecule has 5 rings (SSSR count). The molecule has 1 aliphatic carbocycles.